The molecule has 2 heterocycles. The summed E-state index contributed by atoms with van der Waals surface area (Å²) in [5.74, 6) is 0.638. The van der Waals surface area contributed by atoms with Crippen molar-refractivity contribution in [2.75, 3.05) is 5.32 Å². The van der Waals surface area contributed by atoms with Gasteiger partial charge < -0.3 is 5.32 Å². The summed E-state index contributed by atoms with van der Waals surface area (Å²) >= 11 is 2.22. The number of rotatable bonds is 2. The molecular formula is C14H11IN4O. The number of nitrogens with zero attached hydrogens (tertiary/aromatic N) is 3. The Morgan fingerprint density at radius 1 is 1.20 bits per heavy atom. The molecule has 3 aromatic rings. The van der Waals surface area contributed by atoms with Gasteiger partial charge in [-0.1, -0.05) is 0 Å². The predicted octanol–water partition coefficient (Wildman–Crippen LogP) is 2.89. The standard InChI is InChI=1S/C14H11IN4O/c1-9-17-18-13-8-10(6-7-19(9)13)14(20)16-12-4-2-11(15)3-5-12/h2-8H,1H3,(H,16,20). The second kappa shape index (κ2) is 5.20. The van der Waals surface area contributed by atoms with Gasteiger partial charge in [-0.05, 0) is 65.9 Å². The third kappa shape index (κ3) is 2.51. The maximum Gasteiger partial charge on any atom is 0.255 e. The summed E-state index contributed by atoms with van der Waals surface area (Å²) < 4.78 is 2.96. The Kier molecular flexibility index (Phi) is 3.39. The van der Waals surface area contributed by atoms with Crippen LogP contribution in [0.3, 0.4) is 0 Å². The summed E-state index contributed by atoms with van der Waals surface area (Å²) in [6, 6.07) is 11.1. The number of halogens is 1. The van der Waals surface area contributed by atoms with E-state index in [1.54, 1.807) is 18.3 Å². The Bertz CT molecular complexity index is 779. The van der Waals surface area contributed by atoms with Crippen LogP contribution < -0.4 is 5.32 Å². The molecule has 0 bridgehead atoms. The maximum atomic E-state index is 12.2. The fourth-order valence-electron chi connectivity index (χ4n) is 1.89. The lowest BCUT2D eigenvalue weighted by Crippen LogP contribution is -2.12. The normalized spacial score (nSPS) is 10.7. The highest BCUT2D eigenvalue weighted by Gasteiger charge is 2.09. The van der Waals surface area contributed by atoms with Gasteiger partial charge in [-0.2, -0.15) is 0 Å². The first kappa shape index (κ1) is 13.0. The molecule has 1 aromatic carbocycles. The third-order valence-electron chi connectivity index (χ3n) is 2.94. The summed E-state index contributed by atoms with van der Waals surface area (Å²) in [5, 5.41) is 10.8. The minimum Gasteiger partial charge on any atom is -0.322 e. The minimum absolute atomic E-state index is 0.158. The number of aromatic nitrogens is 3. The highest BCUT2D eigenvalue weighted by atomic mass is 127. The molecule has 1 N–H and O–H groups in total. The molecular weight excluding hydrogens is 367 g/mol. The number of hydrogen-bond acceptors (Lipinski definition) is 3. The number of nitrogens with one attached hydrogen (secondary N) is 1. The van der Waals surface area contributed by atoms with Crippen LogP contribution >= 0.6 is 22.6 Å². The fourth-order valence-corrected chi connectivity index (χ4v) is 2.25. The summed E-state index contributed by atoms with van der Waals surface area (Å²) in [4.78, 5) is 12.2. The van der Waals surface area contributed by atoms with Crippen molar-refractivity contribution >= 4 is 39.8 Å². The first-order valence-electron chi connectivity index (χ1n) is 6.02. The Labute approximate surface area is 129 Å². The topological polar surface area (TPSA) is 59.3 Å². The lowest BCUT2D eigenvalue weighted by Gasteiger charge is -2.05. The van der Waals surface area contributed by atoms with E-state index in [-0.39, 0.29) is 5.91 Å². The van der Waals surface area contributed by atoms with Crippen molar-refractivity contribution in [2.45, 2.75) is 6.92 Å². The minimum atomic E-state index is -0.158. The average Bonchev–Trinajstić information content (AvgIpc) is 2.82. The zero-order chi connectivity index (χ0) is 14.1. The van der Waals surface area contributed by atoms with Crippen molar-refractivity contribution in [3.63, 3.8) is 0 Å². The first-order chi connectivity index (χ1) is 9.63. The molecule has 0 aliphatic carbocycles. The number of aryl methyl sites for hydroxylation is 1. The Morgan fingerprint density at radius 2 is 1.95 bits per heavy atom. The number of anilines is 1. The molecule has 0 atom stereocenters. The predicted molar refractivity (Wildman–Crippen MR) is 84.8 cm³/mol. The molecule has 5 nitrogen and oxygen atoms in total. The van der Waals surface area contributed by atoms with Gasteiger partial charge >= 0.3 is 0 Å². The van der Waals surface area contributed by atoms with E-state index in [2.05, 4.69) is 38.1 Å². The van der Waals surface area contributed by atoms with E-state index >= 15 is 0 Å². The van der Waals surface area contributed by atoms with Gasteiger partial charge in [-0.15, -0.1) is 10.2 Å². The van der Waals surface area contributed by atoms with Gasteiger partial charge in [0.25, 0.3) is 5.91 Å². The number of fused-ring (bicyclic) bond motifs is 1. The number of carbonyl (C=O) groups is 1. The van der Waals surface area contributed by atoms with Crippen molar-refractivity contribution in [1.82, 2.24) is 14.6 Å². The van der Waals surface area contributed by atoms with Gasteiger partial charge in [0.2, 0.25) is 0 Å². The van der Waals surface area contributed by atoms with Crippen LogP contribution in [0.4, 0.5) is 5.69 Å². The largest absolute Gasteiger partial charge is 0.322 e. The van der Waals surface area contributed by atoms with Gasteiger partial charge in [0, 0.05) is 21.0 Å². The second-order valence-electron chi connectivity index (χ2n) is 4.35. The molecule has 0 radical (unpaired) electrons. The van der Waals surface area contributed by atoms with Crippen LogP contribution in [0.25, 0.3) is 5.65 Å². The molecule has 20 heavy (non-hydrogen) atoms. The van der Waals surface area contributed by atoms with Crippen LogP contribution in [0.15, 0.2) is 42.6 Å². The van der Waals surface area contributed by atoms with Gasteiger partial charge in [-0.3, -0.25) is 9.20 Å². The van der Waals surface area contributed by atoms with Gasteiger partial charge in [0.1, 0.15) is 5.82 Å². The molecule has 0 unspecified atom stereocenters. The van der Waals surface area contributed by atoms with E-state index in [1.165, 1.54) is 0 Å². The molecule has 0 aliphatic heterocycles. The van der Waals surface area contributed by atoms with Gasteiger partial charge in [-0.25, -0.2) is 0 Å². The van der Waals surface area contributed by atoms with E-state index in [0.717, 1.165) is 15.1 Å². The second-order valence-corrected chi connectivity index (χ2v) is 5.60. The summed E-state index contributed by atoms with van der Waals surface area (Å²) in [6.45, 7) is 1.87. The zero-order valence-electron chi connectivity index (χ0n) is 10.7. The summed E-state index contributed by atoms with van der Waals surface area (Å²) in [7, 11) is 0. The average molecular weight is 378 g/mol. The summed E-state index contributed by atoms with van der Waals surface area (Å²) in [6.07, 6.45) is 1.80. The van der Waals surface area contributed by atoms with Crippen LogP contribution in [0, 0.1) is 10.5 Å². The zero-order valence-corrected chi connectivity index (χ0v) is 12.8. The quantitative estimate of drug-likeness (QED) is 0.698. The molecule has 100 valence electrons. The van der Waals surface area contributed by atoms with Crippen LogP contribution in [-0.4, -0.2) is 20.5 Å². The number of hydrogen-bond donors (Lipinski definition) is 1. The van der Waals surface area contributed by atoms with Crippen LogP contribution in [0.2, 0.25) is 0 Å². The molecule has 3 rings (SSSR count). The molecule has 0 spiro atoms. The van der Waals surface area contributed by atoms with Crippen LogP contribution in [-0.2, 0) is 0 Å². The first-order valence-corrected chi connectivity index (χ1v) is 7.10. The molecule has 6 heteroatoms. The monoisotopic (exact) mass is 378 g/mol. The van der Waals surface area contributed by atoms with E-state index in [1.807, 2.05) is 35.6 Å². The molecule has 2 aromatic heterocycles. The lowest BCUT2D eigenvalue weighted by molar-refractivity contribution is 0.102. The Hall–Kier alpha value is -1.96. The number of pyridine rings is 1. The van der Waals surface area contributed by atoms with Gasteiger partial charge in [0.05, 0.1) is 0 Å². The highest BCUT2D eigenvalue weighted by Crippen LogP contribution is 2.13. The third-order valence-corrected chi connectivity index (χ3v) is 3.66. The molecule has 0 fully saturated rings. The lowest BCUT2D eigenvalue weighted by atomic mass is 10.2. The van der Waals surface area contributed by atoms with E-state index < -0.39 is 0 Å². The van der Waals surface area contributed by atoms with Crippen LogP contribution in [0.5, 0.6) is 0 Å². The Balaban J connectivity index is 1.86. The van der Waals surface area contributed by atoms with Crippen molar-refractivity contribution in [2.24, 2.45) is 0 Å². The number of amides is 1. The molecule has 1 amide bonds. The van der Waals surface area contributed by atoms with Crippen LogP contribution in [0.1, 0.15) is 16.2 Å². The number of carbonyl (C=O) groups excluding carboxylic acids is 1. The van der Waals surface area contributed by atoms with E-state index in [4.69, 9.17) is 0 Å². The van der Waals surface area contributed by atoms with E-state index in [0.29, 0.717) is 11.2 Å². The molecule has 0 aliphatic rings. The summed E-state index contributed by atoms with van der Waals surface area (Å²) in [5.41, 5.74) is 1.99. The van der Waals surface area contributed by atoms with Crippen molar-refractivity contribution in [3.05, 3.63) is 57.6 Å². The number of benzene rings is 1. The molecule has 0 saturated carbocycles. The fraction of sp³-hybridized carbons (Fsp3) is 0.0714. The van der Waals surface area contributed by atoms with E-state index in [9.17, 15) is 4.79 Å². The smallest absolute Gasteiger partial charge is 0.255 e. The van der Waals surface area contributed by atoms with Crippen molar-refractivity contribution in [3.8, 4) is 0 Å². The maximum absolute atomic E-state index is 12.2. The SMILES string of the molecule is Cc1nnc2cc(C(=O)Nc3ccc(I)cc3)ccn12. The molecule has 0 saturated heterocycles. The van der Waals surface area contributed by atoms with Crippen molar-refractivity contribution in [1.29, 1.82) is 0 Å². The Morgan fingerprint density at radius 3 is 2.70 bits per heavy atom. The van der Waals surface area contributed by atoms with Gasteiger partial charge in [0.15, 0.2) is 5.65 Å². The van der Waals surface area contributed by atoms with Crippen molar-refractivity contribution < 1.29 is 4.79 Å². The highest BCUT2D eigenvalue weighted by molar-refractivity contribution is 14.1.